The highest BCUT2D eigenvalue weighted by Crippen LogP contribution is 2.13. The van der Waals surface area contributed by atoms with E-state index in [0.29, 0.717) is 0 Å². The summed E-state index contributed by atoms with van der Waals surface area (Å²) in [5.41, 5.74) is 8.10. The second-order valence-electron chi connectivity index (χ2n) is 3.59. The second kappa shape index (κ2) is 9.90. The Morgan fingerprint density at radius 1 is 1.16 bits per heavy atom. The molecule has 0 aromatic rings. The maximum absolute atomic E-state index is 11.6. The molecule has 0 fully saturated rings. The molecule has 0 spiro atoms. The van der Waals surface area contributed by atoms with Crippen molar-refractivity contribution in [2.45, 2.75) is 26.7 Å². The highest BCUT2D eigenvalue weighted by molar-refractivity contribution is 5.88. The summed E-state index contributed by atoms with van der Waals surface area (Å²) in [5, 5.41) is 3.11. The van der Waals surface area contributed by atoms with Crippen LogP contribution in [0.1, 0.15) is 26.7 Å². The van der Waals surface area contributed by atoms with Crippen LogP contribution in [0.3, 0.4) is 0 Å². The summed E-state index contributed by atoms with van der Waals surface area (Å²) in [6.45, 7) is 3.27. The number of ketones is 1. The number of nitrogens with zero attached hydrogens (tertiary/aromatic N) is 3. The fraction of sp³-hybridized carbons (Fsp3) is 0.727. The van der Waals surface area contributed by atoms with Gasteiger partial charge in [0.2, 0.25) is 0 Å². The number of ether oxygens (including phenoxy) is 2. The molecule has 0 radical (unpaired) electrons. The number of hydrogen-bond donors (Lipinski definition) is 0. The third kappa shape index (κ3) is 7.77. The van der Waals surface area contributed by atoms with Gasteiger partial charge in [0, 0.05) is 11.3 Å². The normalized spacial score (nSPS) is 11.1. The Hall–Kier alpha value is -2.08. The molecule has 1 unspecified atom stereocenters. The predicted molar refractivity (Wildman–Crippen MR) is 65.0 cm³/mol. The Kier molecular flexibility index (Phi) is 8.82. The lowest BCUT2D eigenvalue weighted by molar-refractivity contribution is -0.155. The van der Waals surface area contributed by atoms with Crippen molar-refractivity contribution in [3.8, 4) is 0 Å². The molecule has 0 aromatic heterocycles. The Labute approximate surface area is 110 Å². The molecule has 0 aromatic carbocycles. The Bertz CT molecular complexity index is 377. The number of Topliss-reactive ketones (excluding diaryl/α,β-unsaturated/α-hetero) is 1. The number of carbonyl (C=O) groups is 3. The molecule has 0 amide bonds. The van der Waals surface area contributed by atoms with E-state index in [2.05, 4.69) is 10.0 Å². The molecule has 0 rings (SSSR count). The summed E-state index contributed by atoms with van der Waals surface area (Å²) in [6.07, 6.45) is -0.439. The summed E-state index contributed by atoms with van der Waals surface area (Å²) in [6, 6.07) is 0. The van der Waals surface area contributed by atoms with Crippen LogP contribution in [0.5, 0.6) is 0 Å². The number of hydrogen-bond acceptors (Lipinski definition) is 6. The van der Waals surface area contributed by atoms with Gasteiger partial charge in [-0.25, -0.2) is 0 Å². The molecule has 0 aliphatic heterocycles. The van der Waals surface area contributed by atoms with E-state index in [9.17, 15) is 14.4 Å². The SMILES string of the molecule is CCOC(=O)CC(CC(=O)CN=[N+]=[N-])C(=O)OCC. The first kappa shape index (κ1) is 16.9. The first-order valence-electron chi connectivity index (χ1n) is 5.89. The van der Waals surface area contributed by atoms with E-state index in [4.69, 9.17) is 15.0 Å². The molecule has 0 heterocycles. The minimum absolute atomic E-state index is 0.155. The largest absolute Gasteiger partial charge is 0.466 e. The van der Waals surface area contributed by atoms with E-state index in [-0.39, 0.29) is 32.6 Å². The molecule has 0 bridgehead atoms. The van der Waals surface area contributed by atoms with Crippen molar-refractivity contribution < 1.29 is 23.9 Å². The molecule has 0 aliphatic rings. The van der Waals surface area contributed by atoms with Gasteiger partial charge in [-0.1, -0.05) is 5.11 Å². The van der Waals surface area contributed by atoms with Crippen molar-refractivity contribution in [1.82, 2.24) is 0 Å². The molecule has 0 aliphatic carbocycles. The van der Waals surface area contributed by atoms with Crippen molar-refractivity contribution in [1.29, 1.82) is 0 Å². The fourth-order valence-corrected chi connectivity index (χ4v) is 1.37. The summed E-state index contributed by atoms with van der Waals surface area (Å²) >= 11 is 0. The topological polar surface area (TPSA) is 118 Å². The molecule has 0 saturated carbocycles. The van der Waals surface area contributed by atoms with Crippen molar-refractivity contribution in [2.75, 3.05) is 19.8 Å². The quantitative estimate of drug-likeness (QED) is 0.271. The Morgan fingerprint density at radius 3 is 2.32 bits per heavy atom. The monoisotopic (exact) mass is 271 g/mol. The maximum atomic E-state index is 11.6. The highest BCUT2D eigenvalue weighted by Gasteiger charge is 2.26. The van der Waals surface area contributed by atoms with E-state index in [1.54, 1.807) is 13.8 Å². The van der Waals surface area contributed by atoms with E-state index in [1.165, 1.54) is 0 Å². The molecule has 0 N–H and O–H groups in total. The summed E-state index contributed by atoms with van der Waals surface area (Å²) in [5.74, 6) is -2.54. The Balaban J connectivity index is 4.57. The summed E-state index contributed by atoms with van der Waals surface area (Å²) in [7, 11) is 0. The van der Waals surface area contributed by atoms with Gasteiger partial charge in [-0.15, -0.1) is 0 Å². The molecule has 0 saturated heterocycles. The van der Waals surface area contributed by atoms with Crippen LogP contribution >= 0.6 is 0 Å². The average Bonchev–Trinajstić information content (AvgIpc) is 2.36. The van der Waals surface area contributed by atoms with E-state index in [1.807, 2.05) is 0 Å². The molecule has 8 heteroatoms. The van der Waals surface area contributed by atoms with E-state index in [0.717, 1.165) is 0 Å². The van der Waals surface area contributed by atoms with E-state index >= 15 is 0 Å². The molecular formula is C11H17N3O5. The minimum Gasteiger partial charge on any atom is -0.466 e. The molecule has 8 nitrogen and oxygen atoms in total. The van der Waals surface area contributed by atoms with Crippen molar-refractivity contribution >= 4 is 17.7 Å². The zero-order valence-corrected chi connectivity index (χ0v) is 11.0. The van der Waals surface area contributed by atoms with Gasteiger partial charge in [0.05, 0.1) is 32.1 Å². The van der Waals surface area contributed by atoms with Crippen LogP contribution in [0.25, 0.3) is 10.4 Å². The molecule has 1 atom stereocenters. The average molecular weight is 271 g/mol. The van der Waals surface area contributed by atoms with Gasteiger partial charge in [0.1, 0.15) is 5.78 Å². The summed E-state index contributed by atoms with van der Waals surface area (Å²) in [4.78, 5) is 36.8. The predicted octanol–water partition coefficient (Wildman–Crippen LogP) is 1.39. The van der Waals surface area contributed by atoms with Gasteiger partial charge in [-0.2, -0.15) is 0 Å². The molecular weight excluding hydrogens is 254 g/mol. The number of rotatable bonds is 9. The third-order valence-electron chi connectivity index (χ3n) is 2.12. The van der Waals surface area contributed by atoms with Crippen molar-refractivity contribution in [2.24, 2.45) is 11.0 Å². The maximum Gasteiger partial charge on any atom is 0.309 e. The van der Waals surface area contributed by atoms with Crippen LogP contribution in [-0.4, -0.2) is 37.5 Å². The minimum atomic E-state index is -0.902. The smallest absolute Gasteiger partial charge is 0.309 e. The molecule has 106 valence electrons. The first-order valence-corrected chi connectivity index (χ1v) is 5.89. The van der Waals surface area contributed by atoms with Crippen LogP contribution in [0.2, 0.25) is 0 Å². The Morgan fingerprint density at radius 2 is 1.79 bits per heavy atom. The zero-order valence-electron chi connectivity index (χ0n) is 11.0. The van der Waals surface area contributed by atoms with Crippen molar-refractivity contribution in [3.63, 3.8) is 0 Å². The third-order valence-corrected chi connectivity index (χ3v) is 2.12. The van der Waals surface area contributed by atoms with Crippen LogP contribution in [-0.2, 0) is 23.9 Å². The lowest BCUT2D eigenvalue weighted by atomic mass is 9.99. The lowest BCUT2D eigenvalue weighted by Gasteiger charge is -2.13. The van der Waals surface area contributed by atoms with Crippen LogP contribution in [0, 0.1) is 5.92 Å². The second-order valence-corrected chi connectivity index (χ2v) is 3.59. The van der Waals surface area contributed by atoms with Gasteiger partial charge in [-0.05, 0) is 19.4 Å². The van der Waals surface area contributed by atoms with E-state index < -0.39 is 23.6 Å². The fourth-order valence-electron chi connectivity index (χ4n) is 1.37. The van der Waals surface area contributed by atoms with Gasteiger partial charge in [0.15, 0.2) is 0 Å². The standard InChI is InChI=1S/C11H17N3O5/c1-3-18-10(16)6-8(11(17)19-4-2)5-9(15)7-13-14-12/h8H,3-7H2,1-2H3. The summed E-state index contributed by atoms with van der Waals surface area (Å²) < 4.78 is 9.51. The van der Waals surface area contributed by atoms with Crippen LogP contribution < -0.4 is 0 Å². The van der Waals surface area contributed by atoms with Crippen LogP contribution in [0.15, 0.2) is 5.11 Å². The van der Waals surface area contributed by atoms with Gasteiger partial charge < -0.3 is 9.47 Å². The zero-order chi connectivity index (χ0) is 14.7. The lowest BCUT2D eigenvalue weighted by Crippen LogP contribution is -2.25. The van der Waals surface area contributed by atoms with Crippen molar-refractivity contribution in [3.05, 3.63) is 10.4 Å². The highest BCUT2D eigenvalue weighted by atomic mass is 16.5. The van der Waals surface area contributed by atoms with Gasteiger partial charge >= 0.3 is 11.9 Å². The van der Waals surface area contributed by atoms with Gasteiger partial charge in [-0.3, -0.25) is 14.4 Å². The molecule has 19 heavy (non-hydrogen) atoms. The number of esters is 2. The number of azide groups is 1. The number of carbonyl (C=O) groups excluding carboxylic acids is 3. The van der Waals surface area contributed by atoms with Gasteiger partial charge in [0.25, 0.3) is 0 Å². The first-order chi connectivity index (χ1) is 9.04. The van der Waals surface area contributed by atoms with Crippen LogP contribution in [0.4, 0.5) is 0 Å².